The number of halogens is 2. The van der Waals surface area contributed by atoms with E-state index in [1.54, 1.807) is 6.07 Å². The predicted molar refractivity (Wildman–Crippen MR) is 98.8 cm³/mol. The molecule has 4 nitrogen and oxygen atoms in total. The van der Waals surface area contributed by atoms with Crippen molar-refractivity contribution < 1.29 is 13.6 Å². The molecule has 0 fully saturated rings. The first-order valence-electron chi connectivity index (χ1n) is 7.68. The molecule has 26 heavy (non-hydrogen) atoms. The summed E-state index contributed by atoms with van der Waals surface area (Å²) in [6, 6.07) is 18.4. The van der Waals surface area contributed by atoms with Gasteiger partial charge < -0.3 is 10.3 Å². The Balaban J connectivity index is 1.75. The molecular formula is C19H14F2N2O2S. The summed E-state index contributed by atoms with van der Waals surface area (Å²) in [5, 5.41) is 2.58. The lowest BCUT2D eigenvalue weighted by Crippen LogP contribution is -2.23. The third-order valence-corrected chi connectivity index (χ3v) is 4.30. The van der Waals surface area contributed by atoms with E-state index in [4.69, 9.17) is 0 Å². The number of pyridine rings is 1. The van der Waals surface area contributed by atoms with Crippen LogP contribution in [0.2, 0.25) is 0 Å². The number of H-pyrrole nitrogens is 1. The van der Waals surface area contributed by atoms with E-state index in [0.717, 1.165) is 5.56 Å². The molecular weight excluding hydrogens is 358 g/mol. The average Bonchev–Trinajstić information content (AvgIpc) is 2.63. The second-order valence-corrected chi connectivity index (χ2v) is 6.40. The minimum Gasteiger partial charge on any atom is -0.322 e. The minimum atomic E-state index is -2.50. The molecule has 3 aromatic rings. The van der Waals surface area contributed by atoms with Gasteiger partial charge in [-0.3, -0.25) is 9.59 Å². The number of anilines is 1. The van der Waals surface area contributed by atoms with E-state index in [1.165, 1.54) is 30.3 Å². The number of benzene rings is 2. The van der Waals surface area contributed by atoms with Crippen LogP contribution in [0.5, 0.6) is 0 Å². The molecule has 0 radical (unpaired) electrons. The summed E-state index contributed by atoms with van der Waals surface area (Å²) in [5.74, 6) is -3.07. The number of nitrogens with one attached hydrogen (secondary N) is 2. The number of thioether (sulfide) groups is 1. The maximum absolute atomic E-state index is 12.3. The smallest absolute Gasteiger partial charge is 0.288 e. The molecule has 7 heteroatoms. The summed E-state index contributed by atoms with van der Waals surface area (Å²) < 4.78 is 24.6. The number of hydrogen-bond acceptors (Lipinski definition) is 3. The summed E-state index contributed by atoms with van der Waals surface area (Å²) in [7, 11) is 0. The van der Waals surface area contributed by atoms with Crippen molar-refractivity contribution in [1.82, 2.24) is 4.98 Å². The Morgan fingerprint density at radius 2 is 1.65 bits per heavy atom. The molecule has 1 heterocycles. The van der Waals surface area contributed by atoms with E-state index in [0.29, 0.717) is 28.0 Å². The third kappa shape index (κ3) is 4.37. The maximum Gasteiger partial charge on any atom is 0.288 e. The highest BCUT2D eigenvalue weighted by molar-refractivity contribution is 7.99. The van der Waals surface area contributed by atoms with Gasteiger partial charge in [0.25, 0.3) is 17.2 Å². The monoisotopic (exact) mass is 372 g/mol. The topological polar surface area (TPSA) is 62.0 Å². The Labute approximate surface area is 152 Å². The Bertz CT molecular complexity index is 957. The van der Waals surface area contributed by atoms with E-state index < -0.39 is 17.2 Å². The number of aromatic nitrogens is 1. The zero-order valence-electron chi connectivity index (χ0n) is 13.4. The molecule has 1 amide bonds. The standard InChI is InChI=1S/C19H14F2N2O2S/c20-19(21)26-14-8-6-13(7-9-14)22-17(24)15-10-11-16(23-18(15)25)12-4-2-1-3-5-12/h1-11,19H,(H,22,24)(H,23,25). The lowest BCUT2D eigenvalue weighted by atomic mass is 10.1. The number of rotatable bonds is 5. The van der Waals surface area contributed by atoms with Crippen LogP contribution in [0.4, 0.5) is 14.5 Å². The molecule has 0 aliphatic heterocycles. The molecule has 0 atom stereocenters. The van der Waals surface area contributed by atoms with Crippen molar-refractivity contribution in [3.8, 4) is 11.3 Å². The van der Waals surface area contributed by atoms with Crippen LogP contribution in [0.25, 0.3) is 11.3 Å². The van der Waals surface area contributed by atoms with Crippen molar-refractivity contribution in [3.63, 3.8) is 0 Å². The van der Waals surface area contributed by atoms with Crippen LogP contribution < -0.4 is 10.9 Å². The number of alkyl halides is 2. The number of carbonyl (C=O) groups is 1. The normalized spacial score (nSPS) is 10.7. The van der Waals surface area contributed by atoms with Crippen molar-refractivity contribution in [2.24, 2.45) is 0 Å². The van der Waals surface area contributed by atoms with E-state index in [9.17, 15) is 18.4 Å². The average molecular weight is 372 g/mol. The van der Waals surface area contributed by atoms with Crippen molar-refractivity contribution in [3.05, 3.63) is 82.6 Å². The molecule has 1 aromatic heterocycles. The Morgan fingerprint density at radius 1 is 0.962 bits per heavy atom. The lowest BCUT2D eigenvalue weighted by Gasteiger charge is -2.07. The molecule has 0 aliphatic carbocycles. The van der Waals surface area contributed by atoms with Gasteiger partial charge in [0.15, 0.2) is 0 Å². The summed E-state index contributed by atoms with van der Waals surface area (Å²) in [5.41, 5.74) is 1.33. The van der Waals surface area contributed by atoms with Crippen LogP contribution in [0.3, 0.4) is 0 Å². The summed E-state index contributed by atoms with van der Waals surface area (Å²) in [6.45, 7) is 0. The van der Waals surface area contributed by atoms with Crippen LogP contribution in [-0.2, 0) is 0 Å². The van der Waals surface area contributed by atoms with Gasteiger partial charge >= 0.3 is 0 Å². The van der Waals surface area contributed by atoms with Crippen molar-refractivity contribution in [2.75, 3.05) is 5.32 Å². The molecule has 0 aliphatic rings. The van der Waals surface area contributed by atoms with Gasteiger partial charge in [0, 0.05) is 16.3 Å². The van der Waals surface area contributed by atoms with Gasteiger partial charge in [0.1, 0.15) is 5.56 Å². The van der Waals surface area contributed by atoms with Gasteiger partial charge in [-0.25, -0.2) is 0 Å². The Kier molecular flexibility index (Phi) is 5.48. The van der Waals surface area contributed by atoms with Gasteiger partial charge in [0.2, 0.25) is 0 Å². The fourth-order valence-corrected chi connectivity index (χ4v) is 2.86. The van der Waals surface area contributed by atoms with Gasteiger partial charge in [-0.05, 0) is 42.0 Å². The van der Waals surface area contributed by atoms with Crippen molar-refractivity contribution >= 4 is 23.4 Å². The van der Waals surface area contributed by atoms with Gasteiger partial charge in [-0.1, -0.05) is 42.1 Å². The number of aromatic amines is 1. The second kappa shape index (κ2) is 7.97. The van der Waals surface area contributed by atoms with Gasteiger partial charge in [-0.2, -0.15) is 8.78 Å². The third-order valence-electron chi connectivity index (χ3n) is 3.58. The molecule has 0 saturated carbocycles. The van der Waals surface area contributed by atoms with E-state index >= 15 is 0 Å². The Hall–Kier alpha value is -2.93. The molecule has 0 bridgehead atoms. The first kappa shape index (κ1) is 17.9. The molecule has 3 rings (SSSR count). The van der Waals surface area contributed by atoms with Crippen LogP contribution >= 0.6 is 11.8 Å². The zero-order valence-corrected chi connectivity index (χ0v) is 14.2. The van der Waals surface area contributed by atoms with Crippen LogP contribution in [0, 0.1) is 0 Å². The first-order valence-corrected chi connectivity index (χ1v) is 8.56. The van der Waals surface area contributed by atoms with E-state index in [1.807, 2.05) is 30.3 Å². The number of hydrogen-bond donors (Lipinski definition) is 2. The largest absolute Gasteiger partial charge is 0.322 e. The summed E-state index contributed by atoms with van der Waals surface area (Å²) in [4.78, 5) is 27.6. The van der Waals surface area contributed by atoms with E-state index in [2.05, 4.69) is 10.3 Å². The number of amides is 1. The predicted octanol–water partition coefficient (Wildman–Crippen LogP) is 4.61. The Morgan fingerprint density at radius 3 is 2.27 bits per heavy atom. The van der Waals surface area contributed by atoms with Crippen molar-refractivity contribution in [2.45, 2.75) is 10.7 Å². The fraction of sp³-hybridized carbons (Fsp3) is 0.0526. The summed E-state index contributed by atoms with van der Waals surface area (Å²) >= 11 is 0.423. The van der Waals surface area contributed by atoms with Crippen LogP contribution in [0.1, 0.15) is 10.4 Å². The molecule has 0 unspecified atom stereocenters. The second-order valence-electron chi connectivity index (χ2n) is 5.34. The van der Waals surface area contributed by atoms with Gasteiger partial charge in [-0.15, -0.1) is 0 Å². The number of carbonyl (C=O) groups excluding carboxylic acids is 1. The minimum absolute atomic E-state index is 0.0317. The SMILES string of the molecule is O=C(Nc1ccc(SC(F)F)cc1)c1ccc(-c2ccccc2)[nH]c1=O. The molecule has 0 spiro atoms. The molecule has 0 saturated heterocycles. The van der Waals surface area contributed by atoms with Crippen LogP contribution in [-0.4, -0.2) is 16.6 Å². The van der Waals surface area contributed by atoms with E-state index in [-0.39, 0.29) is 5.56 Å². The summed E-state index contributed by atoms with van der Waals surface area (Å²) in [6.07, 6.45) is 0. The highest BCUT2D eigenvalue weighted by atomic mass is 32.2. The molecule has 2 aromatic carbocycles. The molecule has 132 valence electrons. The van der Waals surface area contributed by atoms with Gasteiger partial charge in [0.05, 0.1) is 0 Å². The fourth-order valence-electron chi connectivity index (χ4n) is 2.36. The van der Waals surface area contributed by atoms with Crippen molar-refractivity contribution in [1.29, 1.82) is 0 Å². The lowest BCUT2D eigenvalue weighted by molar-refractivity contribution is 0.102. The highest BCUT2D eigenvalue weighted by Gasteiger charge is 2.12. The quantitative estimate of drug-likeness (QED) is 0.643. The first-order chi connectivity index (χ1) is 12.5. The van der Waals surface area contributed by atoms with Crippen LogP contribution in [0.15, 0.2) is 76.4 Å². The maximum atomic E-state index is 12.3. The highest BCUT2D eigenvalue weighted by Crippen LogP contribution is 2.26. The molecule has 2 N–H and O–H groups in total. The zero-order chi connectivity index (χ0) is 18.5.